The Kier molecular flexibility index (Phi) is 5.12. The van der Waals surface area contributed by atoms with Gasteiger partial charge in [0, 0.05) is 13.1 Å². The van der Waals surface area contributed by atoms with Crippen LogP contribution in [-0.2, 0) is 9.53 Å². The van der Waals surface area contributed by atoms with Crippen molar-refractivity contribution in [2.45, 2.75) is 64.0 Å². The van der Waals surface area contributed by atoms with Gasteiger partial charge in [-0.25, -0.2) is 4.79 Å². The van der Waals surface area contributed by atoms with E-state index in [2.05, 4.69) is 5.32 Å². The Morgan fingerprint density at radius 2 is 1.81 bits per heavy atom. The number of aliphatic hydroxyl groups excluding tert-OH is 1. The standard InChI is InChI=1S/C18H27F3N2O4/c1-17(2,3)27-16(26)22-7-12-10-4-9-5-11(12)15(25)14(10)23(8-9)13(24)6-18(19,20)21/h9-12,14-15,25H,4-8H2,1-3H3,(H,22,26)/t9?,10-,11+,12?,14?,15-/m0/s1. The molecule has 6 nitrogen and oxygen atoms in total. The Hall–Kier alpha value is -1.51. The first kappa shape index (κ1) is 20.2. The van der Waals surface area contributed by atoms with E-state index < -0.39 is 42.3 Å². The lowest BCUT2D eigenvalue weighted by molar-refractivity contribution is -0.167. The molecule has 0 aromatic carbocycles. The second kappa shape index (κ2) is 6.83. The van der Waals surface area contributed by atoms with Crippen LogP contribution in [0.2, 0.25) is 0 Å². The highest BCUT2D eigenvalue weighted by Gasteiger charge is 2.60. The molecule has 3 fully saturated rings. The number of likely N-dealkylation sites (tertiary alicyclic amines) is 1. The first-order valence-electron chi connectivity index (χ1n) is 9.37. The zero-order chi connectivity index (χ0) is 20.1. The fourth-order valence-corrected chi connectivity index (χ4v) is 5.15. The van der Waals surface area contributed by atoms with Crippen LogP contribution in [0, 0.1) is 23.7 Å². The number of aliphatic hydroxyl groups is 1. The molecule has 2 N–H and O–H groups in total. The summed E-state index contributed by atoms with van der Waals surface area (Å²) in [6.45, 7) is 5.82. The van der Waals surface area contributed by atoms with Crippen molar-refractivity contribution in [3.63, 3.8) is 0 Å². The predicted octanol–water partition coefficient (Wildman–Crippen LogP) is 2.31. The second-order valence-electron chi connectivity index (χ2n) is 9.03. The van der Waals surface area contributed by atoms with Crippen molar-refractivity contribution >= 4 is 12.0 Å². The van der Waals surface area contributed by atoms with E-state index in [9.17, 15) is 27.9 Å². The molecule has 0 aromatic rings. The van der Waals surface area contributed by atoms with Crippen molar-refractivity contribution < 1.29 is 32.6 Å². The van der Waals surface area contributed by atoms with Crippen LogP contribution in [0.5, 0.6) is 0 Å². The molecule has 2 aliphatic carbocycles. The number of alkyl halides is 3. The van der Waals surface area contributed by atoms with Gasteiger partial charge in [-0.15, -0.1) is 0 Å². The normalized spacial score (nSPS) is 35.3. The molecule has 27 heavy (non-hydrogen) atoms. The average Bonchev–Trinajstić information content (AvgIpc) is 2.60. The third kappa shape index (κ3) is 4.33. The fraction of sp³-hybridized carbons (Fsp3) is 0.889. The highest BCUT2D eigenvalue weighted by Crippen LogP contribution is 2.54. The van der Waals surface area contributed by atoms with Crippen molar-refractivity contribution in [1.29, 1.82) is 0 Å². The van der Waals surface area contributed by atoms with Gasteiger partial charge in [-0.05, 0) is 57.3 Å². The molecule has 0 spiro atoms. The number of rotatable bonds is 3. The molecule has 154 valence electrons. The molecule has 3 bridgehead atoms. The number of hydrogen-bond acceptors (Lipinski definition) is 4. The Balaban J connectivity index is 1.68. The average molecular weight is 392 g/mol. The van der Waals surface area contributed by atoms with Gasteiger partial charge >= 0.3 is 12.3 Å². The molecule has 9 heteroatoms. The summed E-state index contributed by atoms with van der Waals surface area (Å²) in [6.07, 6.45) is -6.06. The van der Waals surface area contributed by atoms with Gasteiger partial charge in [0.15, 0.2) is 0 Å². The number of carbonyl (C=O) groups is 2. The van der Waals surface area contributed by atoms with Gasteiger partial charge in [0.05, 0.1) is 12.1 Å². The molecular weight excluding hydrogens is 365 g/mol. The Bertz CT molecular complexity index is 604. The predicted molar refractivity (Wildman–Crippen MR) is 89.6 cm³/mol. The lowest BCUT2D eigenvalue weighted by Crippen LogP contribution is -2.54. The van der Waals surface area contributed by atoms with Gasteiger partial charge in [-0.3, -0.25) is 4.79 Å². The molecule has 1 aliphatic heterocycles. The smallest absolute Gasteiger partial charge is 0.407 e. The number of halogens is 3. The summed E-state index contributed by atoms with van der Waals surface area (Å²) in [4.78, 5) is 25.4. The number of amides is 2. The van der Waals surface area contributed by atoms with Crippen LogP contribution >= 0.6 is 0 Å². The number of fused-ring (bicyclic) bond motifs is 2. The molecule has 0 radical (unpaired) electrons. The Morgan fingerprint density at radius 1 is 1.19 bits per heavy atom. The third-order valence-electron chi connectivity index (χ3n) is 5.91. The van der Waals surface area contributed by atoms with Crippen LogP contribution in [0.15, 0.2) is 0 Å². The zero-order valence-corrected chi connectivity index (χ0v) is 15.8. The molecule has 6 atom stereocenters. The summed E-state index contributed by atoms with van der Waals surface area (Å²) >= 11 is 0. The van der Waals surface area contributed by atoms with Gasteiger partial charge in [0.25, 0.3) is 0 Å². The Morgan fingerprint density at radius 3 is 2.41 bits per heavy atom. The van der Waals surface area contributed by atoms with Crippen LogP contribution in [0.4, 0.5) is 18.0 Å². The summed E-state index contributed by atoms with van der Waals surface area (Å²) in [6, 6.07) is -0.603. The largest absolute Gasteiger partial charge is 0.444 e. The van der Waals surface area contributed by atoms with Crippen LogP contribution in [0.25, 0.3) is 0 Å². The topological polar surface area (TPSA) is 78.9 Å². The summed E-state index contributed by atoms with van der Waals surface area (Å²) in [5.74, 6) is -1.18. The first-order chi connectivity index (χ1) is 12.4. The van der Waals surface area contributed by atoms with E-state index in [1.807, 2.05) is 0 Å². The van der Waals surface area contributed by atoms with E-state index in [0.717, 1.165) is 6.42 Å². The molecular formula is C18H27F3N2O4. The summed E-state index contributed by atoms with van der Waals surface area (Å²) in [5, 5.41) is 13.4. The molecule has 3 aliphatic rings. The van der Waals surface area contributed by atoms with Gasteiger partial charge in [-0.1, -0.05) is 0 Å². The van der Waals surface area contributed by atoms with E-state index in [0.29, 0.717) is 6.42 Å². The van der Waals surface area contributed by atoms with Crippen LogP contribution in [-0.4, -0.2) is 59.0 Å². The monoisotopic (exact) mass is 392 g/mol. The van der Waals surface area contributed by atoms with E-state index in [1.54, 1.807) is 20.8 Å². The minimum atomic E-state index is -4.56. The number of hydrogen-bond donors (Lipinski definition) is 2. The fourth-order valence-electron chi connectivity index (χ4n) is 5.15. The minimum Gasteiger partial charge on any atom is -0.444 e. The number of alkyl carbamates (subject to hydrolysis) is 1. The van der Waals surface area contributed by atoms with Crippen molar-refractivity contribution in [3.8, 4) is 0 Å². The molecule has 3 unspecified atom stereocenters. The molecule has 1 saturated heterocycles. The number of carbonyl (C=O) groups excluding carboxylic acids is 2. The van der Waals surface area contributed by atoms with E-state index >= 15 is 0 Å². The van der Waals surface area contributed by atoms with Crippen LogP contribution < -0.4 is 5.32 Å². The van der Waals surface area contributed by atoms with Crippen molar-refractivity contribution in [2.24, 2.45) is 23.7 Å². The van der Waals surface area contributed by atoms with Crippen LogP contribution in [0.1, 0.15) is 40.0 Å². The van der Waals surface area contributed by atoms with Crippen molar-refractivity contribution in [3.05, 3.63) is 0 Å². The maximum atomic E-state index is 12.7. The lowest BCUT2D eigenvalue weighted by atomic mass is 9.70. The molecule has 2 saturated carbocycles. The van der Waals surface area contributed by atoms with Crippen molar-refractivity contribution in [1.82, 2.24) is 10.2 Å². The number of ether oxygens (including phenoxy) is 1. The van der Waals surface area contributed by atoms with Gasteiger partial charge < -0.3 is 20.1 Å². The molecule has 0 aromatic heterocycles. The lowest BCUT2D eigenvalue weighted by Gasteiger charge is -2.45. The highest BCUT2D eigenvalue weighted by molar-refractivity contribution is 5.77. The van der Waals surface area contributed by atoms with Crippen LogP contribution in [0.3, 0.4) is 0 Å². The summed E-state index contributed by atoms with van der Waals surface area (Å²) < 4.78 is 43.2. The first-order valence-corrected chi connectivity index (χ1v) is 9.37. The van der Waals surface area contributed by atoms with E-state index in [-0.39, 0.29) is 36.8 Å². The minimum absolute atomic E-state index is 0.0738. The van der Waals surface area contributed by atoms with Gasteiger partial charge in [-0.2, -0.15) is 13.2 Å². The van der Waals surface area contributed by atoms with E-state index in [4.69, 9.17) is 4.74 Å². The molecule has 3 rings (SSSR count). The maximum absolute atomic E-state index is 12.7. The SMILES string of the molecule is CC(C)(C)OC(=O)NCC1[C@@H]2CC3C[C@H]1[C@H](O)C2N(C(=O)CC(F)(F)F)C3. The molecule has 2 amide bonds. The highest BCUT2D eigenvalue weighted by atomic mass is 19.4. The van der Waals surface area contributed by atoms with Gasteiger partial charge in [0.2, 0.25) is 5.91 Å². The summed E-state index contributed by atoms with van der Waals surface area (Å²) in [5.41, 5.74) is -0.630. The van der Waals surface area contributed by atoms with Gasteiger partial charge in [0.1, 0.15) is 12.0 Å². The maximum Gasteiger partial charge on any atom is 0.407 e. The zero-order valence-electron chi connectivity index (χ0n) is 15.8. The quantitative estimate of drug-likeness (QED) is 0.773. The number of nitrogens with one attached hydrogen (secondary N) is 1. The second-order valence-corrected chi connectivity index (χ2v) is 9.03. The van der Waals surface area contributed by atoms with E-state index in [1.165, 1.54) is 4.90 Å². The van der Waals surface area contributed by atoms with Crippen molar-refractivity contribution in [2.75, 3.05) is 13.1 Å². The number of nitrogens with zero attached hydrogens (tertiary/aromatic N) is 1. The third-order valence-corrected chi connectivity index (χ3v) is 5.91. The molecule has 1 heterocycles. The number of piperidine rings is 1. The Labute approximate surface area is 156 Å². The summed E-state index contributed by atoms with van der Waals surface area (Å²) in [7, 11) is 0.